The molecule has 2 atom stereocenters. The number of rotatable bonds is 3. The second-order valence-electron chi connectivity index (χ2n) is 7.44. The molecule has 2 fully saturated rings. The molecule has 2 aliphatic heterocycles. The van der Waals surface area contributed by atoms with Crippen LogP contribution in [0.4, 0.5) is 4.39 Å². The molecule has 0 saturated carbocycles. The van der Waals surface area contributed by atoms with E-state index in [1.165, 1.54) is 28.4 Å². The largest absolute Gasteiger partial charge is 0.351 e. The van der Waals surface area contributed by atoms with Crippen molar-refractivity contribution in [2.45, 2.75) is 12.5 Å². The molecule has 6 nitrogen and oxygen atoms in total. The van der Waals surface area contributed by atoms with Gasteiger partial charge in [-0.1, -0.05) is 0 Å². The van der Waals surface area contributed by atoms with Gasteiger partial charge in [-0.15, -0.1) is 11.3 Å². The summed E-state index contributed by atoms with van der Waals surface area (Å²) < 4.78 is 14.2. The summed E-state index contributed by atoms with van der Waals surface area (Å²) in [5, 5.41) is 2.88. The Hall–Kier alpha value is -2.74. The summed E-state index contributed by atoms with van der Waals surface area (Å²) in [6.45, 7) is 0.941. The van der Waals surface area contributed by atoms with Crippen LogP contribution >= 0.6 is 11.3 Å². The maximum atomic E-state index is 14.2. The van der Waals surface area contributed by atoms with Crippen molar-refractivity contribution in [2.75, 3.05) is 27.2 Å². The highest BCUT2D eigenvalue weighted by molar-refractivity contribution is 7.17. The third-order valence-electron chi connectivity index (χ3n) is 5.17. The van der Waals surface area contributed by atoms with Crippen LogP contribution in [-0.2, 0) is 4.79 Å². The van der Waals surface area contributed by atoms with Crippen molar-refractivity contribution >= 4 is 29.1 Å². The number of nitrogens with zero attached hydrogens (tertiary/aromatic N) is 2. The zero-order valence-electron chi connectivity index (χ0n) is 15.6. The highest BCUT2D eigenvalue weighted by Gasteiger charge is 2.41. The van der Waals surface area contributed by atoms with Crippen LogP contribution in [0.3, 0.4) is 0 Å². The number of nitrogens with one attached hydrogen (secondary N) is 1. The lowest BCUT2D eigenvalue weighted by Gasteiger charge is -2.18. The molecule has 1 aromatic heterocycles. The monoisotopic (exact) mass is 401 g/mol. The van der Waals surface area contributed by atoms with E-state index in [1.807, 2.05) is 0 Å². The Balaban J connectivity index is 1.57. The lowest BCUT2D eigenvalue weighted by Crippen LogP contribution is -2.35. The minimum Gasteiger partial charge on any atom is -0.351 e. The SMILES string of the molecule is CN(C)C(=O)c1ccc(-c2cc(F)cc(C(=O)N3C[C@@H]4CC(=O)N[C@@H]4C3)c2)s1. The number of benzene rings is 1. The van der Waals surface area contributed by atoms with Gasteiger partial charge in [0, 0.05) is 50.0 Å². The Morgan fingerprint density at radius 1 is 1.21 bits per heavy atom. The van der Waals surface area contributed by atoms with Crippen molar-refractivity contribution in [3.05, 3.63) is 46.6 Å². The van der Waals surface area contributed by atoms with E-state index in [2.05, 4.69) is 5.32 Å². The number of likely N-dealkylation sites (tertiary alicyclic amines) is 1. The topological polar surface area (TPSA) is 69.7 Å². The van der Waals surface area contributed by atoms with E-state index < -0.39 is 5.82 Å². The summed E-state index contributed by atoms with van der Waals surface area (Å²) in [4.78, 5) is 40.9. The van der Waals surface area contributed by atoms with Crippen molar-refractivity contribution < 1.29 is 18.8 Å². The van der Waals surface area contributed by atoms with Crippen molar-refractivity contribution in [2.24, 2.45) is 5.92 Å². The number of hydrogen-bond acceptors (Lipinski definition) is 4. The van der Waals surface area contributed by atoms with Crippen LogP contribution in [-0.4, -0.2) is 60.7 Å². The molecule has 3 amide bonds. The summed E-state index contributed by atoms with van der Waals surface area (Å²) in [6, 6.07) is 7.72. The van der Waals surface area contributed by atoms with Gasteiger partial charge in [-0.3, -0.25) is 14.4 Å². The Morgan fingerprint density at radius 3 is 2.71 bits per heavy atom. The third kappa shape index (κ3) is 3.40. The Kier molecular flexibility index (Phi) is 4.66. The molecule has 0 aliphatic carbocycles. The van der Waals surface area contributed by atoms with E-state index in [0.717, 1.165) is 4.88 Å². The molecule has 8 heteroatoms. The molecular weight excluding hydrogens is 381 g/mol. The first-order valence-corrected chi connectivity index (χ1v) is 9.84. The number of halogens is 1. The minimum absolute atomic E-state index is 0.0126. The molecule has 28 heavy (non-hydrogen) atoms. The number of thiophene rings is 1. The predicted molar refractivity (Wildman–Crippen MR) is 104 cm³/mol. The van der Waals surface area contributed by atoms with Gasteiger partial charge in [-0.05, 0) is 35.9 Å². The van der Waals surface area contributed by atoms with E-state index >= 15 is 0 Å². The zero-order chi connectivity index (χ0) is 20.0. The predicted octanol–water partition coefficient (Wildman–Crippen LogP) is 2.22. The van der Waals surface area contributed by atoms with E-state index in [4.69, 9.17) is 0 Å². The number of amides is 3. The Morgan fingerprint density at radius 2 is 2.00 bits per heavy atom. The van der Waals surface area contributed by atoms with Crippen LogP contribution in [0.5, 0.6) is 0 Å². The van der Waals surface area contributed by atoms with Crippen LogP contribution < -0.4 is 5.32 Å². The van der Waals surface area contributed by atoms with Gasteiger partial charge in [0.1, 0.15) is 5.82 Å². The molecular formula is C20H20FN3O3S. The van der Waals surface area contributed by atoms with Gasteiger partial charge < -0.3 is 15.1 Å². The first kappa shape index (κ1) is 18.6. The summed E-state index contributed by atoms with van der Waals surface area (Å²) >= 11 is 1.27. The summed E-state index contributed by atoms with van der Waals surface area (Å²) in [5.41, 5.74) is 0.842. The fraction of sp³-hybridized carbons (Fsp3) is 0.350. The van der Waals surface area contributed by atoms with E-state index in [1.54, 1.807) is 37.2 Å². The van der Waals surface area contributed by atoms with Gasteiger partial charge in [0.2, 0.25) is 5.91 Å². The van der Waals surface area contributed by atoms with Crippen molar-refractivity contribution in [1.29, 1.82) is 0 Å². The number of fused-ring (bicyclic) bond motifs is 1. The van der Waals surface area contributed by atoms with Gasteiger partial charge >= 0.3 is 0 Å². The Bertz CT molecular complexity index is 955. The molecule has 0 bridgehead atoms. The quantitative estimate of drug-likeness (QED) is 0.857. The smallest absolute Gasteiger partial charge is 0.263 e. The summed E-state index contributed by atoms with van der Waals surface area (Å²) in [7, 11) is 3.35. The third-order valence-corrected chi connectivity index (χ3v) is 6.30. The van der Waals surface area contributed by atoms with E-state index in [-0.39, 0.29) is 35.2 Å². The first-order valence-electron chi connectivity index (χ1n) is 9.03. The molecule has 3 heterocycles. The van der Waals surface area contributed by atoms with Crippen molar-refractivity contribution in [1.82, 2.24) is 15.1 Å². The molecule has 0 radical (unpaired) electrons. The van der Waals surface area contributed by atoms with Crippen LogP contribution in [0, 0.1) is 11.7 Å². The normalized spacial score (nSPS) is 20.8. The standard InChI is InChI=1S/C20H20FN3O3S/c1-23(2)20(27)17-4-3-16(28-17)11-5-12(7-14(21)6-11)19(26)24-9-13-8-18(25)22-15(13)10-24/h3-7,13,15H,8-10H2,1-2H3,(H,22,25)/t13-,15+/m0/s1. The van der Waals surface area contributed by atoms with Gasteiger partial charge in [-0.2, -0.15) is 0 Å². The van der Waals surface area contributed by atoms with Crippen LogP contribution in [0.1, 0.15) is 26.5 Å². The molecule has 146 valence electrons. The fourth-order valence-corrected chi connectivity index (χ4v) is 4.79. The van der Waals surface area contributed by atoms with Crippen molar-refractivity contribution in [3.8, 4) is 10.4 Å². The van der Waals surface area contributed by atoms with Gasteiger partial charge in [0.15, 0.2) is 0 Å². The van der Waals surface area contributed by atoms with Crippen molar-refractivity contribution in [3.63, 3.8) is 0 Å². The number of carbonyl (C=O) groups is 3. The Labute approximate surface area is 165 Å². The average Bonchev–Trinajstić information content (AvgIpc) is 3.34. The molecule has 2 saturated heterocycles. The second-order valence-corrected chi connectivity index (χ2v) is 8.52. The minimum atomic E-state index is -0.498. The highest BCUT2D eigenvalue weighted by atomic mass is 32.1. The average molecular weight is 401 g/mol. The van der Waals surface area contributed by atoms with Crippen LogP contribution in [0.15, 0.2) is 30.3 Å². The first-order chi connectivity index (χ1) is 13.3. The molecule has 0 spiro atoms. The maximum absolute atomic E-state index is 14.2. The molecule has 1 aromatic carbocycles. The van der Waals surface area contributed by atoms with Gasteiger partial charge in [0.25, 0.3) is 11.8 Å². The van der Waals surface area contributed by atoms with Gasteiger partial charge in [0.05, 0.1) is 10.9 Å². The molecule has 4 rings (SSSR count). The molecule has 2 aromatic rings. The van der Waals surface area contributed by atoms with E-state index in [9.17, 15) is 18.8 Å². The number of carbonyl (C=O) groups excluding carboxylic acids is 3. The van der Waals surface area contributed by atoms with Gasteiger partial charge in [-0.25, -0.2) is 4.39 Å². The van der Waals surface area contributed by atoms with Crippen LogP contribution in [0.25, 0.3) is 10.4 Å². The second kappa shape index (κ2) is 7.01. The maximum Gasteiger partial charge on any atom is 0.263 e. The lowest BCUT2D eigenvalue weighted by atomic mass is 10.1. The molecule has 0 unspecified atom stereocenters. The molecule has 1 N–H and O–H groups in total. The molecule has 2 aliphatic rings. The van der Waals surface area contributed by atoms with Crippen LogP contribution in [0.2, 0.25) is 0 Å². The lowest BCUT2D eigenvalue weighted by molar-refractivity contribution is -0.119. The highest BCUT2D eigenvalue weighted by Crippen LogP contribution is 2.31. The number of hydrogen-bond donors (Lipinski definition) is 1. The summed E-state index contributed by atoms with van der Waals surface area (Å²) in [6.07, 6.45) is 0.431. The fourth-order valence-electron chi connectivity index (χ4n) is 3.78. The van der Waals surface area contributed by atoms with E-state index in [0.29, 0.717) is 30.0 Å². The summed E-state index contributed by atoms with van der Waals surface area (Å²) in [5.74, 6) is -0.708. The zero-order valence-corrected chi connectivity index (χ0v) is 16.4.